The van der Waals surface area contributed by atoms with Gasteiger partial charge in [-0.1, -0.05) is 11.2 Å². The van der Waals surface area contributed by atoms with E-state index in [1.54, 1.807) is 6.20 Å². The van der Waals surface area contributed by atoms with Gasteiger partial charge in [0.2, 0.25) is 0 Å². The first kappa shape index (κ1) is 16.2. The zero-order chi connectivity index (χ0) is 18.5. The molecule has 0 amide bonds. The van der Waals surface area contributed by atoms with Crippen molar-refractivity contribution in [2.45, 2.75) is 38.7 Å². The number of rotatable bonds is 4. The summed E-state index contributed by atoms with van der Waals surface area (Å²) in [5.41, 5.74) is 5.79. The highest BCUT2D eigenvalue weighted by Crippen LogP contribution is 2.41. The van der Waals surface area contributed by atoms with Gasteiger partial charge < -0.3 is 14.6 Å². The molecule has 2 N–H and O–H groups in total. The van der Waals surface area contributed by atoms with Gasteiger partial charge in [-0.2, -0.15) is 0 Å². The molecule has 136 valence electrons. The Morgan fingerprint density at radius 1 is 1.22 bits per heavy atom. The summed E-state index contributed by atoms with van der Waals surface area (Å²) in [4.78, 5) is 12.6. The third kappa shape index (κ3) is 2.73. The standard InChI is InChI=1S/C21H20N4O2/c1-11-18(12(2)27-25-11)14-9-15(20(26)16-5-3-4-8-22-16)19-17(10-14)23-21(24-19)13-6-7-13/h3-5,8-10,13,20,26H,6-7H2,1-2H3,(H,23,24). The van der Waals surface area contributed by atoms with E-state index in [1.807, 2.05) is 38.1 Å². The number of benzene rings is 1. The molecule has 1 atom stereocenters. The van der Waals surface area contributed by atoms with Crippen molar-refractivity contribution in [3.63, 3.8) is 0 Å². The van der Waals surface area contributed by atoms with Gasteiger partial charge in [-0.25, -0.2) is 4.98 Å². The number of aryl methyl sites for hydroxylation is 2. The van der Waals surface area contributed by atoms with Crippen molar-refractivity contribution in [1.82, 2.24) is 20.1 Å². The lowest BCUT2D eigenvalue weighted by molar-refractivity contribution is 0.217. The van der Waals surface area contributed by atoms with Crippen LogP contribution in [-0.4, -0.2) is 25.2 Å². The van der Waals surface area contributed by atoms with E-state index < -0.39 is 6.10 Å². The first-order chi connectivity index (χ1) is 13.1. The van der Waals surface area contributed by atoms with Gasteiger partial charge in [-0.15, -0.1) is 0 Å². The number of hydrogen-bond donors (Lipinski definition) is 2. The van der Waals surface area contributed by atoms with E-state index in [2.05, 4.69) is 21.2 Å². The van der Waals surface area contributed by atoms with Crippen LogP contribution in [0.5, 0.6) is 0 Å². The van der Waals surface area contributed by atoms with Crippen molar-refractivity contribution in [2.24, 2.45) is 0 Å². The summed E-state index contributed by atoms with van der Waals surface area (Å²) in [5.74, 6) is 2.25. The van der Waals surface area contributed by atoms with E-state index in [0.717, 1.165) is 57.8 Å². The molecule has 6 nitrogen and oxygen atoms in total. The fourth-order valence-electron chi connectivity index (χ4n) is 3.66. The molecule has 3 heterocycles. The normalized spacial score (nSPS) is 15.4. The largest absolute Gasteiger partial charge is 0.382 e. The van der Waals surface area contributed by atoms with Gasteiger partial charge in [-0.3, -0.25) is 4.98 Å². The summed E-state index contributed by atoms with van der Waals surface area (Å²) in [6.45, 7) is 3.82. The molecular formula is C21H20N4O2. The number of hydrogen-bond acceptors (Lipinski definition) is 5. The van der Waals surface area contributed by atoms with E-state index in [4.69, 9.17) is 9.51 Å². The first-order valence-electron chi connectivity index (χ1n) is 9.17. The van der Waals surface area contributed by atoms with Gasteiger partial charge in [0, 0.05) is 23.2 Å². The third-order valence-corrected chi connectivity index (χ3v) is 5.18. The molecule has 1 aliphatic carbocycles. The quantitative estimate of drug-likeness (QED) is 0.570. The molecule has 5 rings (SSSR count). The zero-order valence-electron chi connectivity index (χ0n) is 15.2. The number of fused-ring (bicyclic) bond motifs is 1. The van der Waals surface area contributed by atoms with Crippen molar-refractivity contribution in [3.8, 4) is 11.1 Å². The van der Waals surface area contributed by atoms with E-state index >= 15 is 0 Å². The SMILES string of the molecule is Cc1noc(C)c1-c1cc(C(O)c2ccccn2)c2nc(C3CC3)[nH]c2c1. The number of H-pyrrole nitrogens is 1. The lowest BCUT2D eigenvalue weighted by Crippen LogP contribution is -2.03. The average Bonchev–Trinajstić information content (AvgIpc) is 3.36. The maximum Gasteiger partial charge on any atom is 0.141 e. The topological polar surface area (TPSA) is 87.8 Å². The molecule has 1 aliphatic rings. The van der Waals surface area contributed by atoms with Crippen molar-refractivity contribution in [3.05, 3.63) is 65.1 Å². The molecule has 1 aromatic carbocycles. The smallest absolute Gasteiger partial charge is 0.141 e. The van der Waals surface area contributed by atoms with Crippen LogP contribution in [0.2, 0.25) is 0 Å². The van der Waals surface area contributed by atoms with E-state index in [0.29, 0.717) is 11.6 Å². The monoisotopic (exact) mass is 360 g/mol. The zero-order valence-corrected chi connectivity index (χ0v) is 15.2. The van der Waals surface area contributed by atoms with Crippen LogP contribution in [0.25, 0.3) is 22.2 Å². The summed E-state index contributed by atoms with van der Waals surface area (Å²) in [6.07, 6.45) is 3.15. The fraction of sp³-hybridized carbons (Fsp3) is 0.286. The summed E-state index contributed by atoms with van der Waals surface area (Å²) >= 11 is 0. The number of nitrogens with zero attached hydrogens (tertiary/aromatic N) is 3. The molecule has 0 bridgehead atoms. The second kappa shape index (κ2) is 6.03. The van der Waals surface area contributed by atoms with Crippen LogP contribution in [0.15, 0.2) is 41.1 Å². The van der Waals surface area contributed by atoms with Crippen molar-refractivity contribution in [2.75, 3.05) is 0 Å². The Morgan fingerprint density at radius 3 is 2.74 bits per heavy atom. The number of aliphatic hydroxyl groups excluding tert-OH is 1. The fourth-order valence-corrected chi connectivity index (χ4v) is 3.66. The summed E-state index contributed by atoms with van der Waals surface area (Å²) in [7, 11) is 0. The highest BCUT2D eigenvalue weighted by molar-refractivity contribution is 5.87. The third-order valence-electron chi connectivity index (χ3n) is 5.18. The molecule has 0 saturated heterocycles. The lowest BCUT2D eigenvalue weighted by atomic mass is 9.96. The Labute approximate surface area is 156 Å². The minimum absolute atomic E-state index is 0.500. The molecule has 3 aromatic heterocycles. The Hall–Kier alpha value is -2.99. The Balaban J connectivity index is 1.74. The predicted octanol–water partition coefficient (Wildman–Crippen LogP) is 4.19. The molecule has 0 radical (unpaired) electrons. The van der Waals surface area contributed by atoms with Gasteiger partial charge >= 0.3 is 0 Å². The van der Waals surface area contributed by atoms with Gasteiger partial charge in [0.05, 0.1) is 22.4 Å². The molecule has 0 spiro atoms. The number of pyridine rings is 1. The molecule has 27 heavy (non-hydrogen) atoms. The molecule has 6 heteroatoms. The van der Waals surface area contributed by atoms with Crippen LogP contribution in [0.3, 0.4) is 0 Å². The maximum absolute atomic E-state index is 11.1. The van der Waals surface area contributed by atoms with Crippen molar-refractivity contribution < 1.29 is 9.63 Å². The Kier molecular flexibility index (Phi) is 3.62. The molecular weight excluding hydrogens is 340 g/mol. The number of aromatic amines is 1. The second-order valence-corrected chi connectivity index (χ2v) is 7.21. The van der Waals surface area contributed by atoms with Crippen LogP contribution in [0.1, 0.15) is 53.4 Å². The lowest BCUT2D eigenvalue weighted by Gasteiger charge is -2.13. The highest BCUT2D eigenvalue weighted by Gasteiger charge is 2.28. The van der Waals surface area contributed by atoms with E-state index in [-0.39, 0.29) is 0 Å². The van der Waals surface area contributed by atoms with Gasteiger partial charge in [0.15, 0.2) is 0 Å². The molecule has 0 aliphatic heterocycles. The van der Waals surface area contributed by atoms with Crippen LogP contribution < -0.4 is 0 Å². The molecule has 1 saturated carbocycles. The second-order valence-electron chi connectivity index (χ2n) is 7.21. The number of aliphatic hydroxyl groups is 1. The van der Waals surface area contributed by atoms with E-state index in [1.165, 1.54) is 0 Å². The van der Waals surface area contributed by atoms with Crippen LogP contribution in [0, 0.1) is 13.8 Å². The Bertz CT molecular complexity index is 1110. The van der Waals surface area contributed by atoms with Crippen LogP contribution in [0.4, 0.5) is 0 Å². The number of imidazole rings is 1. The number of aromatic nitrogens is 4. The average molecular weight is 360 g/mol. The van der Waals surface area contributed by atoms with Gasteiger partial charge in [0.25, 0.3) is 0 Å². The summed E-state index contributed by atoms with van der Waals surface area (Å²) in [5, 5.41) is 15.1. The minimum Gasteiger partial charge on any atom is -0.382 e. The molecule has 4 aromatic rings. The van der Waals surface area contributed by atoms with Gasteiger partial charge in [0.1, 0.15) is 17.7 Å². The van der Waals surface area contributed by atoms with Gasteiger partial charge in [-0.05, 0) is 56.5 Å². The number of nitrogens with one attached hydrogen (secondary N) is 1. The van der Waals surface area contributed by atoms with Crippen molar-refractivity contribution >= 4 is 11.0 Å². The first-order valence-corrected chi connectivity index (χ1v) is 9.17. The van der Waals surface area contributed by atoms with Crippen LogP contribution in [-0.2, 0) is 0 Å². The Morgan fingerprint density at radius 2 is 2.07 bits per heavy atom. The highest BCUT2D eigenvalue weighted by atomic mass is 16.5. The van der Waals surface area contributed by atoms with E-state index in [9.17, 15) is 5.11 Å². The predicted molar refractivity (Wildman–Crippen MR) is 101 cm³/mol. The summed E-state index contributed by atoms with van der Waals surface area (Å²) in [6, 6.07) is 9.58. The summed E-state index contributed by atoms with van der Waals surface area (Å²) < 4.78 is 5.35. The van der Waals surface area contributed by atoms with Crippen molar-refractivity contribution in [1.29, 1.82) is 0 Å². The maximum atomic E-state index is 11.1. The molecule has 1 fully saturated rings. The minimum atomic E-state index is -0.857. The molecule has 1 unspecified atom stereocenters. The van der Waals surface area contributed by atoms with Crippen LogP contribution >= 0.6 is 0 Å².